The summed E-state index contributed by atoms with van der Waals surface area (Å²) in [5.74, 6) is 0.821. The van der Waals surface area contributed by atoms with Gasteiger partial charge in [0.25, 0.3) is 0 Å². The summed E-state index contributed by atoms with van der Waals surface area (Å²) in [6, 6.07) is 13.9. The highest BCUT2D eigenvalue weighted by Gasteiger charge is 2.17. The molecule has 2 aromatic rings. The van der Waals surface area contributed by atoms with E-state index in [1.54, 1.807) is 11.8 Å². The highest BCUT2D eigenvalue weighted by molar-refractivity contribution is 7.98. The molecule has 0 aliphatic heterocycles. The third kappa shape index (κ3) is 3.99. The molecule has 21 heavy (non-hydrogen) atoms. The maximum absolute atomic E-state index is 12.1. The summed E-state index contributed by atoms with van der Waals surface area (Å²) < 4.78 is 0. The van der Waals surface area contributed by atoms with Gasteiger partial charge in [0.05, 0.1) is 12.1 Å². The number of amides is 1. The molecule has 3 N–H and O–H groups in total. The number of nitrogens with one attached hydrogen (secondary N) is 1. The van der Waals surface area contributed by atoms with Gasteiger partial charge in [0, 0.05) is 0 Å². The first-order valence-electron chi connectivity index (χ1n) is 7.16. The van der Waals surface area contributed by atoms with Crippen LogP contribution in [0.4, 0.5) is 0 Å². The summed E-state index contributed by atoms with van der Waals surface area (Å²) in [6.07, 6.45) is 2.72. The van der Waals surface area contributed by atoms with Crippen molar-refractivity contribution >= 4 is 28.4 Å². The van der Waals surface area contributed by atoms with Crippen molar-refractivity contribution in [2.75, 3.05) is 12.0 Å². The molecule has 0 aromatic heterocycles. The van der Waals surface area contributed by atoms with Gasteiger partial charge in [-0.05, 0) is 41.7 Å². The van der Waals surface area contributed by atoms with E-state index in [-0.39, 0.29) is 11.9 Å². The molecule has 0 aliphatic rings. The SMILES string of the molecule is CSCC[C@@H](N)C(=O)NC(C)c1cccc2ccccc12. The molecule has 0 aliphatic carbocycles. The van der Waals surface area contributed by atoms with Crippen molar-refractivity contribution in [3.05, 3.63) is 48.0 Å². The summed E-state index contributed by atoms with van der Waals surface area (Å²) in [6.45, 7) is 2.00. The number of fused-ring (bicyclic) bond motifs is 1. The van der Waals surface area contributed by atoms with E-state index < -0.39 is 6.04 Å². The Morgan fingerprint density at radius 3 is 2.71 bits per heavy atom. The van der Waals surface area contributed by atoms with Gasteiger partial charge in [-0.3, -0.25) is 4.79 Å². The zero-order valence-electron chi connectivity index (χ0n) is 12.5. The predicted octanol–water partition coefficient (Wildman–Crippen LogP) is 3.10. The van der Waals surface area contributed by atoms with Crippen molar-refractivity contribution in [2.45, 2.75) is 25.4 Å². The van der Waals surface area contributed by atoms with Crippen LogP contribution in [0.5, 0.6) is 0 Å². The number of carbonyl (C=O) groups excluding carboxylic acids is 1. The minimum absolute atomic E-state index is 0.0519. The number of hydrogen-bond acceptors (Lipinski definition) is 3. The van der Waals surface area contributed by atoms with E-state index in [0.717, 1.165) is 11.3 Å². The van der Waals surface area contributed by atoms with E-state index in [1.807, 2.05) is 31.4 Å². The van der Waals surface area contributed by atoms with Gasteiger partial charge in [-0.25, -0.2) is 0 Å². The number of rotatable bonds is 6. The molecule has 0 bridgehead atoms. The Labute approximate surface area is 130 Å². The van der Waals surface area contributed by atoms with Gasteiger partial charge < -0.3 is 11.1 Å². The Balaban J connectivity index is 2.12. The second-order valence-electron chi connectivity index (χ2n) is 5.19. The van der Waals surface area contributed by atoms with Crippen LogP contribution in [0.25, 0.3) is 10.8 Å². The number of thioether (sulfide) groups is 1. The Hall–Kier alpha value is -1.52. The van der Waals surface area contributed by atoms with Gasteiger partial charge in [-0.15, -0.1) is 0 Å². The van der Waals surface area contributed by atoms with E-state index in [0.29, 0.717) is 6.42 Å². The van der Waals surface area contributed by atoms with Crippen LogP contribution >= 0.6 is 11.8 Å². The Bertz CT molecular complexity index is 609. The molecule has 4 heteroatoms. The average molecular weight is 302 g/mol. The average Bonchev–Trinajstić information content (AvgIpc) is 2.51. The van der Waals surface area contributed by atoms with Gasteiger partial charge in [0.1, 0.15) is 0 Å². The largest absolute Gasteiger partial charge is 0.348 e. The van der Waals surface area contributed by atoms with Crippen LogP contribution in [0.15, 0.2) is 42.5 Å². The lowest BCUT2D eigenvalue weighted by molar-refractivity contribution is -0.123. The van der Waals surface area contributed by atoms with Crippen molar-refractivity contribution in [3.63, 3.8) is 0 Å². The lowest BCUT2D eigenvalue weighted by Crippen LogP contribution is -2.42. The van der Waals surface area contributed by atoms with Crippen LogP contribution in [-0.4, -0.2) is 24.0 Å². The minimum Gasteiger partial charge on any atom is -0.348 e. The summed E-state index contributed by atoms with van der Waals surface area (Å²) in [4.78, 5) is 12.1. The number of carbonyl (C=O) groups is 1. The fraction of sp³-hybridized carbons (Fsp3) is 0.353. The van der Waals surface area contributed by atoms with Gasteiger partial charge in [0.2, 0.25) is 5.91 Å². The molecule has 0 spiro atoms. The van der Waals surface area contributed by atoms with Crippen LogP contribution in [0.1, 0.15) is 24.9 Å². The zero-order valence-corrected chi connectivity index (χ0v) is 13.3. The van der Waals surface area contributed by atoms with Crippen LogP contribution in [0.2, 0.25) is 0 Å². The summed E-state index contributed by atoms with van der Waals surface area (Å²) in [5, 5.41) is 5.38. The second kappa shape index (κ2) is 7.48. The fourth-order valence-electron chi connectivity index (χ4n) is 2.40. The first-order chi connectivity index (χ1) is 10.1. The number of benzene rings is 2. The molecule has 0 radical (unpaired) electrons. The van der Waals surface area contributed by atoms with Crippen LogP contribution < -0.4 is 11.1 Å². The van der Waals surface area contributed by atoms with Gasteiger partial charge in [-0.2, -0.15) is 11.8 Å². The molecule has 0 heterocycles. The first kappa shape index (κ1) is 15.9. The van der Waals surface area contributed by atoms with E-state index in [9.17, 15) is 4.79 Å². The van der Waals surface area contributed by atoms with E-state index in [4.69, 9.17) is 5.73 Å². The van der Waals surface area contributed by atoms with E-state index in [2.05, 4.69) is 29.6 Å². The minimum atomic E-state index is -0.435. The molecule has 0 saturated heterocycles. The molecule has 112 valence electrons. The molecule has 2 rings (SSSR count). The summed E-state index contributed by atoms with van der Waals surface area (Å²) in [7, 11) is 0. The zero-order chi connectivity index (χ0) is 15.2. The summed E-state index contributed by atoms with van der Waals surface area (Å²) >= 11 is 1.70. The molecular weight excluding hydrogens is 280 g/mol. The van der Waals surface area contributed by atoms with Crippen LogP contribution in [0.3, 0.4) is 0 Å². The topological polar surface area (TPSA) is 55.1 Å². The maximum Gasteiger partial charge on any atom is 0.237 e. The second-order valence-corrected chi connectivity index (χ2v) is 6.17. The lowest BCUT2D eigenvalue weighted by atomic mass is 9.99. The Morgan fingerprint density at radius 2 is 1.95 bits per heavy atom. The third-order valence-electron chi connectivity index (χ3n) is 3.62. The Kier molecular flexibility index (Phi) is 5.65. The number of nitrogens with two attached hydrogens (primary N) is 1. The van der Waals surface area contributed by atoms with Crippen LogP contribution in [-0.2, 0) is 4.79 Å². The van der Waals surface area contributed by atoms with Crippen molar-refractivity contribution in [3.8, 4) is 0 Å². The molecule has 3 nitrogen and oxygen atoms in total. The van der Waals surface area contributed by atoms with Crippen molar-refractivity contribution in [1.82, 2.24) is 5.32 Å². The highest BCUT2D eigenvalue weighted by atomic mass is 32.2. The van der Waals surface area contributed by atoms with E-state index >= 15 is 0 Å². The van der Waals surface area contributed by atoms with Crippen molar-refractivity contribution < 1.29 is 4.79 Å². The molecule has 0 saturated carbocycles. The van der Waals surface area contributed by atoms with Gasteiger partial charge >= 0.3 is 0 Å². The van der Waals surface area contributed by atoms with Gasteiger partial charge in [0.15, 0.2) is 0 Å². The molecular formula is C17H22N2OS. The maximum atomic E-state index is 12.1. The standard InChI is InChI=1S/C17H22N2OS/c1-12(19-17(20)16(18)10-11-21-2)14-9-5-7-13-6-3-4-8-15(13)14/h3-9,12,16H,10-11,18H2,1-2H3,(H,19,20)/t12?,16-/m1/s1. The quantitative estimate of drug-likeness (QED) is 0.862. The predicted molar refractivity (Wildman–Crippen MR) is 91.5 cm³/mol. The normalized spacial score (nSPS) is 13.9. The molecule has 0 fully saturated rings. The highest BCUT2D eigenvalue weighted by Crippen LogP contribution is 2.24. The first-order valence-corrected chi connectivity index (χ1v) is 8.55. The van der Waals surface area contributed by atoms with E-state index in [1.165, 1.54) is 10.8 Å². The van der Waals surface area contributed by atoms with Crippen molar-refractivity contribution in [1.29, 1.82) is 0 Å². The van der Waals surface area contributed by atoms with Gasteiger partial charge in [-0.1, -0.05) is 42.5 Å². The monoisotopic (exact) mass is 302 g/mol. The van der Waals surface area contributed by atoms with Crippen LogP contribution in [0, 0.1) is 0 Å². The molecule has 2 aromatic carbocycles. The fourth-order valence-corrected chi connectivity index (χ4v) is 2.89. The Morgan fingerprint density at radius 1 is 1.24 bits per heavy atom. The molecule has 1 unspecified atom stereocenters. The van der Waals surface area contributed by atoms with Crippen molar-refractivity contribution in [2.24, 2.45) is 5.73 Å². The molecule has 1 amide bonds. The third-order valence-corrected chi connectivity index (χ3v) is 4.26. The lowest BCUT2D eigenvalue weighted by Gasteiger charge is -2.19. The molecule has 2 atom stereocenters. The summed E-state index contributed by atoms with van der Waals surface area (Å²) in [5.41, 5.74) is 7.04. The number of hydrogen-bond donors (Lipinski definition) is 2. The smallest absolute Gasteiger partial charge is 0.237 e.